The minimum atomic E-state index is -0.507. The Morgan fingerprint density at radius 2 is 1.69 bits per heavy atom. The number of amides is 1. The number of carbonyl (C=O) groups excluding carboxylic acids is 2. The first-order valence-corrected chi connectivity index (χ1v) is 7.97. The lowest BCUT2D eigenvalue weighted by atomic mass is 10.1. The molecular formula is C18H21N5O3. The molecule has 26 heavy (non-hydrogen) atoms. The van der Waals surface area contributed by atoms with Crippen LogP contribution in [-0.2, 0) is 11.2 Å². The zero-order chi connectivity index (χ0) is 18.9. The average Bonchev–Trinajstić information content (AvgIpc) is 2.61. The van der Waals surface area contributed by atoms with Crippen LogP contribution in [0.5, 0.6) is 5.75 Å². The zero-order valence-corrected chi connectivity index (χ0v) is 14.1. The molecule has 0 unspecified atom stereocenters. The Morgan fingerprint density at radius 3 is 2.27 bits per heavy atom. The third-order valence-electron chi connectivity index (χ3n) is 3.36. The summed E-state index contributed by atoms with van der Waals surface area (Å²) in [6.07, 6.45) is 0.235. The summed E-state index contributed by atoms with van der Waals surface area (Å²) < 4.78 is 5.30. The molecule has 0 saturated carbocycles. The molecule has 0 aromatic heterocycles. The van der Waals surface area contributed by atoms with E-state index in [0.717, 1.165) is 5.56 Å². The minimum absolute atomic E-state index is 0.112. The zero-order valence-electron chi connectivity index (χ0n) is 14.1. The van der Waals surface area contributed by atoms with Crippen LogP contribution in [0, 0.1) is 5.41 Å². The Balaban J connectivity index is 1.92. The van der Waals surface area contributed by atoms with E-state index in [1.807, 2.05) is 0 Å². The third kappa shape index (κ3) is 5.91. The molecular weight excluding hydrogens is 334 g/mol. The number of nitrogens with two attached hydrogens (primary N) is 2. The molecule has 2 aromatic rings. The van der Waals surface area contributed by atoms with Crippen LogP contribution in [-0.4, -0.2) is 30.9 Å². The van der Waals surface area contributed by atoms with Gasteiger partial charge in [0.25, 0.3) is 0 Å². The number of hydrogen-bond acceptors (Lipinski definition) is 5. The van der Waals surface area contributed by atoms with Gasteiger partial charge < -0.3 is 26.8 Å². The number of rotatable bonds is 7. The normalized spacial score (nSPS) is 10.0. The van der Waals surface area contributed by atoms with Gasteiger partial charge in [0.05, 0.1) is 12.0 Å². The summed E-state index contributed by atoms with van der Waals surface area (Å²) in [5.74, 6) is -0.420. The van der Waals surface area contributed by atoms with E-state index < -0.39 is 5.97 Å². The van der Waals surface area contributed by atoms with Crippen LogP contribution in [0.2, 0.25) is 0 Å². The van der Waals surface area contributed by atoms with Gasteiger partial charge in [0, 0.05) is 18.8 Å². The van der Waals surface area contributed by atoms with Crippen molar-refractivity contribution in [2.45, 2.75) is 6.42 Å². The predicted molar refractivity (Wildman–Crippen MR) is 99.1 cm³/mol. The minimum Gasteiger partial charge on any atom is -0.423 e. The maximum atomic E-state index is 12.1. The molecule has 7 N–H and O–H groups in total. The van der Waals surface area contributed by atoms with Gasteiger partial charge in [-0.2, -0.15) is 0 Å². The quantitative estimate of drug-likeness (QED) is 0.215. The number of benzene rings is 2. The lowest BCUT2D eigenvalue weighted by Crippen LogP contribution is -2.30. The van der Waals surface area contributed by atoms with Gasteiger partial charge in [0.15, 0.2) is 5.96 Å². The van der Waals surface area contributed by atoms with Crippen molar-refractivity contribution in [3.05, 3.63) is 59.7 Å². The van der Waals surface area contributed by atoms with Gasteiger partial charge in [-0.15, -0.1) is 0 Å². The molecule has 0 atom stereocenters. The summed E-state index contributed by atoms with van der Waals surface area (Å²) >= 11 is 0. The molecule has 0 heterocycles. The van der Waals surface area contributed by atoms with Crippen LogP contribution in [0.1, 0.15) is 15.9 Å². The molecule has 0 saturated heterocycles. The van der Waals surface area contributed by atoms with E-state index in [2.05, 4.69) is 10.6 Å². The molecule has 8 heteroatoms. The van der Waals surface area contributed by atoms with Gasteiger partial charge in [0.2, 0.25) is 5.91 Å². The Labute approximate surface area is 151 Å². The van der Waals surface area contributed by atoms with Gasteiger partial charge in [-0.1, -0.05) is 12.1 Å². The Bertz CT molecular complexity index is 772. The fraction of sp³-hybridized carbons (Fsp3) is 0.167. The van der Waals surface area contributed by atoms with E-state index in [-0.39, 0.29) is 18.3 Å². The fourth-order valence-corrected chi connectivity index (χ4v) is 2.15. The number of esters is 1. The van der Waals surface area contributed by atoms with Gasteiger partial charge in [-0.3, -0.25) is 10.2 Å². The van der Waals surface area contributed by atoms with Crippen LogP contribution in [0.15, 0.2) is 48.5 Å². The van der Waals surface area contributed by atoms with Crippen molar-refractivity contribution in [2.24, 2.45) is 11.5 Å². The van der Waals surface area contributed by atoms with Gasteiger partial charge in [-0.25, -0.2) is 4.79 Å². The van der Waals surface area contributed by atoms with Crippen LogP contribution in [0.25, 0.3) is 0 Å². The van der Waals surface area contributed by atoms with Crippen molar-refractivity contribution in [1.82, 2.24) is 5.32 Å². The number of ether oxygens (including phenoxy) is 1. The third-order valence-corrected chi connectivity index (χ3v) is 3.36. The predicted octanol–water partition coefficient (Wildman–Crippen LogP) is 0.829. The molecule has 2 rings (SSSR count). The Morgan fingerprint density at radius 1 is 1.04 bits per heavy atom. The van der Waals surface area contributed by atoms with E-state index in [1.54, 1.807) is 48.5 Å². The summed E-state index contributed by atoms with van der Waals surface area (Å²) in [4.78, 5) is 23.8. The molecule has 8 nitrogen and oxygen atoms in total. The topological polar surface area (TPSA) is 143 Å². The molecule has 0 aliphatic carbocycles. The summed E-state index contributed by atoms with van der Waals surface area (Å²) in [5.41, 5.74) is 12.3. The Hall–Kier alpha value is -3.39. The lowest BCUT2D eigenvalue weighted by Gasteiger charge is -2.07. The van der Waals surface area contributed by atoms with Gasteiger partial charge in [-0.05, 0) is 42.0 Å². The molecule has 0 bridgehead atoms. The second-order valence-corrected chi connectivity index (χ2v) is 5.46. The van der Waals surface area contributed by atoms with Gasteiger partial charge >= 0.3 is 5.97 Å². The molecule has 136 valence electrons. The molecule has 0 aliphatic heterocycles. The van der Waals surface area contributed by atoms with Crippen molar-refractivity contribution in [2.75, 3.05) is 18.4 Å². The molecule has 0 fully saturated rings. The number of anilines is 1. The van der Waals surface area contributed by atoms with Crippen LogP contribution >= 0.6 is 0 Å². The summed E-state index contributed by atoms with van der Waals surface area (Å²) in [6.45, 7) is 0.835. The molecule has 0 aliphatic rings. The maximum absolute atomic E-state index is 12.1. The first-order valence-electron chi connectivity index (χ1n) is 7.97. The molecule has 2 aromatic carbocycles. The fourth-order valence-electron chi connectivity index (χ4n) is 2.15. The summed E-state index contributed by atoms with van der Waals surface area (Å²) in [7, 11) is 0. The summed E-state index contributed by atoms with van der Waals surface area (Å²) in [6, 6.07) is 13.1. The molecule has 0 radical (unpaired) electrons. The highest BCUT2D eigenvalue weighted by Crippen LogP contribution is 2.16. The lowest BCUT2D eigenvalue weighted by molar-refractivity contribution is -0.120. The highest BCUT2D eigenvalue weighted by Gasteiger charge is 2.09. The smallest absolute Gasteiger partial charge is 0.343 e. The van der Waals surface area contributed by atoms with E-state index in [1.165, 1.54) is 0 Å². The molecule has 1 amide bonds. The van der Waals surface area contributed by atoms with Crippen LogP contribution < -0.4 is 26.8 Å². The summed E-state index contributed by atoms with van der Waals surface area (Å²) in [5, 5.41) is 12.5. The van der Waals surface area contributed by atoms with Crippen molar-refractivity contribution in [1.29, 1.82) is 5.41 Å². The van der Waals surface area contributed by atoms with Crippen molar-refractivity contribution < 1.29 is 14.3 Å². The van der Waals surface area contributed by atoms with E-state index >= 15 is 0 Å². The van der Waals surface area contributed by atoms with Crippen molar-refractivity contribution in [3.8, 4) is 5.75 Å². The standard InChI is InChI=1S/C18H21N5O3/c19-9-10-22-16(24)11-12-1-7-15(8-2-12)26-17(25)13-3-5-14(6-4-13)23-18(20)21/h1-8H,9-11,19H2,(H,22,24)(H4,20,21,23). The van der Waals surface area contributed by atoms with Crippen LogP contribution in [0.4, 0.5) is 5.69 Å². The monoisotopic (exact) mass is 355 g/mol. The first kappa shape index (κ1) is 18.9. The number of nitrogens with one attached hydrogen (secondary N) is 3. The van der Waals surface area contributed by atoms with E-state index in [0.29, 0.717) is 30.1 Å². The van der Waals surface area contributed by atoms with Crippen molar-refractivity contribution in [3.63, 3.8) is 0 Å². The Kier molecular flexibility index (Phi) is 6.69. The number of guanidine groups is 1. The number of carbonyl (C=O) groups is 2. The highest BCUT2D eigenvalue weighted by atomic mass is 16.5. The largest absolute Gasteiger partial charge is 0.423 e. The average molecular weight is 355 g/mol. The maximum Gasteiger partial charge on any atom is 0.343 e. The first-order chi connectivity index (χ1) is 12.5. The molecule has 0 spiro atoms. The van der Waals surface area contributed by atoms with Crippen molar-refractivity contribution >= 4 is 23.5 Å². The number of hydrogen-bond donors (Lipinski definition) is 5. The van der Waals surface area contributed by atoms with Gasteiger partial charge in [0.1, 0.15) is 5.75 Å². The van der Waals surface area contributed by atoms with E-state index in [4.69, 9.17) is 21.6 Å². The highest BCUT2D eigenvalue weighted by molar-refractivity contribution is 5.93. The van der Waals surface area contributed by atoms with Crippen LogP contribution in [0.3, 0.4) is 0 Å². The SMILES string of the molecule is N=C(N)Nc1ccc(C(=O)Oc2ccc(CC(=O)NCCN)cc2)cc1. The second kappa shape index (κ2) is 9.19. The second-order valence-electron chi connectivity index (χ2n) is 5.46. The van der Waals surface area contributed by atoms with E-state index in [9.17, 15) is 9.59 Å².